The highest BCUT2D eigenvalue weighted by Crippen LogP contribution is 2.52. The molecule has 2 aromatic carbocycles. The lowest BCUT2D eigenvalue weighted by atomic mass is 9.73. The summed E-state index contributed by atoms with van der Waals surface area (Å²) >= 11 is 13.2. The van der Waals surface area contributed by atoms with Gasteiger partial charge in [-0.25, -0.2) is 9.38 Å². The van der Waals surface area contributed by atoms with Gasteiger partial charge in [-0.05, 0) is 36.2 Å². The molecule has 0 saturated carbocycles. The van der Waals surface area contributed by atoms with Crippen LogP contribution in [-0.2, 0) is 4.79 Å². The number of nitrogens with two attached hydrogens (primary N) is 1. The van der Waals surface area contributed by atoms with Crippen molar-refractivity contribution in [3.05, 3.63) is 79.9 Å². The lowest BCUT2D eigenvalue weighted by Gasteiger charge is -2.31. The number of fused-ring (bicyclic) bond motifs is 1. The Morgan fingerprint density at radius 3 is 2.48 bits per heavy atom. The average molecular weight is 503 g/mol. The van der Waals surface area contributed by atoms with Crippen LogP contribution in [0.5, 0.6) is 0 Å². The summed E-state index contributed by atoms with van der Waals surface area (Å²) in [5.74, 6) is -2.11. The van der Waals surface area contributed by atoms with E-state index in [1.165, 1.54) is 12.1 Å². The first-order valence-corrected chi connectivity index (χ1v) is 12.1. The largest absolute Gasteiger partial charge is 0.397 e. The number of Topliss-reactive ketones (excluding diaryl/α,β-unsaturated/α-hetero) is 1. The number of anilines is 1. The van der Waals surface area contributed by atoms with E-state index in [0.717, 1.165) is 11.3 Å². The lowest BCUT2D eigenvalue weighted by molar-refractivity contribution is -0.121. The van der Waals surface area contributed by atoms with Crippen LogP contribution in [-0.4, -0.2) is 17.3 Å². The maximum absolute atomic E-state index is 15.0. The number of benzene rings is 2. The summed E-state index contributed by atoms with van der Waals surface area (Å²) in [6.07, 6.45) is 0.803. The van der Waals surface area contributed by atoms with Crippen molar-refractivity contribution in [2.45, 2.75) is 32.6 Å². The van der Waals surface area contributed by atoms with Crippen LogP contribution >= 0.6 is 34.5 Å². The van der Waals surface area contributed by atoms with Gasteiger partial charge in [-0.1, -0.05) is 55.2 Å². The van der Waals surface area contributed by atoms with Crippen molar-refractivity contribution in [1.29, 1.82) is 0 Å². The van der Waals surface area contributed by atoms with E-state index in [1.54, 1.807) is 37.3 Å². The third-order valence-corrected chi connectivity index (χ3v) is 7.75. The Bertz CT molecular complexity index is 1300. The Labute approximate surface area is 205 Å². The van der Waals surface area contributed by atoms with Gasteiger partial charge in [0.25, 0.3) is 0 Å². The molecular formula is C25H21Cl2FN2O2S. The van der Waals surface area contributed by atoms with E-state index in [4.69, 9.17) is 33.9 Å². The van der Waals surface area contributed by atoms with E-state index in [9.17, 15) is 9.59 Å². The smallest absolute Gasteiger partial charge is 0.205 e. The number of carbonyl (C=O) groups excluding carboxylic acids is 2. The van der Waals surface area contributed by atoms with E-state index in [0.29, 0.717) is 38.8 Å². The molecule has 2 unspecified atom stereocenters. The summed E-state index contributed by atoms with van der Waals surface area (Å²) in [7, 11) is 0. The van der Waals surface area contributed by atoms with Crippen LogP contribution in [0.2, 0.25) is 10.0 Å². The quantitative estimate of drug-likeness (QED) is 0.361. The molecule has 2 atom stereocenters. The molecule has 33 heavy (non-hydrogen) atoms. The third kappa shape index (κ3) is 4.12. The number of nitrogens with zero attached hydrogens (tertiary/aromatic N) is 1. The van der Waals surface area contributed by atoms with Crippen molar-refractivity contribution in [2.75, 3.05) is 5.73 Å². The van der Waals surface area contributed by atoms with Gasteiger partial charge in [0.2, 0.25) is 5.78 Å². The molecule has 0 saturated heterocycles. The molecule has 0 bridgehead atoms. The van der Waals surface area contributed by atoms with Crippen LogP contribution < -0.4 is 5.73 Å². The number of rotatable bonds is 6. The van der Waals surface area contributed by atoms with E-state index < -0.39 is 17.7 Å². The molecule has 0 radical (unpaired) electrons. The zero-order valence-electron chi connectivity index (χ0n) is 18.0. The van der Waals surface area contributed by atoms with Gasteiger partial charge in [-0.2, -0.15) is 0 Å². The highest BCUT2D eigenvalue weighted by atomic mass is 35.5. The molecule has 2 N–H and O–H groups in total. The fourth-order valence-corrected chi connectivity index (χ4v) is 5.71. The standard InChI is InChI=1S/C25H21Cl2FN2O2S/c1-3-17-20(18(31)4-2)19(13-7-5-6-8-16(13)28)21-22(29)24(33-25(21)30-17)23(32)12-9-10-14(26)15(27)11-12/h5-11,19-20H,3-4,29H2,1-2H3. The van der Waals surface area contributed by atoms with Gasteiger partial charge < -0.3 is 5.73 Å². The second kappa shape index (κ2) is 9.37. The Balaban J connectivity index is 1.93. The molecule has 8 heteroatoms. The summed E-state index contributed by atoms with van der Waals surface area (Å²) in [6, 6.07) is 11.0. The molecule has 1 aliphatic rings. The van der Waals surface area contributed by atoms with Crippen LogP contribution in [0.25, 0.3) is 0 Å². The Kier molecular flexibility index (Phi) is 6.71. The van der Waals surface area contributed by atoms with Crippen molar-refractivity contribution in [2.24, 2.45) is 10.9 Å². The summed E-state index contributed by atoms with van der Waals surface area (Å²) in [5, 5.41) is 1.12. The van der Waals surface area contributed by atoms with Crippen molar-refractivity contribution < 1.29 is 14.0 Å². The van der Waals surface area contributed by atoms with Gasteiger partial charge in [-0.3, -0.25) is 9.59 Å². The number of hydrogen-bond donors (Lipinski definition) is 1. The molecule has 4 nitrogen and oxygen atoms in total. The fourth-order valence-electron chi connectivity index (χ4n) is 4.28. The van der Waals surface area contributed by atoms with Crippen molar-refractivity contribution >= 4 is 62.5 Å². The Morgan fingerprint density at radius 1 is 1.12 bits per heavy atom. The molecule has 1 aliphatic heterocycles. The number of aliphatic imine (C=N–C) groups is 1. The average Bonchev–Trinajstić information content (AvgIpc) is 3.15. The first kappa shape index (κ1) is 23.6. The van der Waals surface area contributed by atoms with Crippen LogP contribution in [0.3, 0.4) is 0 Å². The van der Waals surface area contributed by atoms with Crippen LogP contribution in [0.4, 0.5) is 15.1 Å². The zero-order valence-corrected chi connectivity index (χ0v) is 20.3. The lowest BCUT2D eigenvalue weighted by Crippen LogP contribution is -2.33. The van der Waals surface area contributed by atoms with Gasteiger partial charge in [0.1, 0.15) is 21.5 Å². The number of halogens is 3. The SMILES string of the molecule is CCC(=O)C1C(CC)=Nc2sc(C(=O)c3ccc(Cl)c(Cl)c3)c(N)c2C1c1ccccc1F. The van der Waals surface area contributed by atoms with Crippen LogP contribution in [0.15, 0.2) is 47.5 Å². The topological polar surface area (TPSA) is 72.5 Å². The van der Waals surface area contributed by atoms with Crippen LogP contribution in [0, 0.1) is 11.7 Å². The summed E-state index contributed by atoms with van der Waals surface area (Å²) in [5.41, 5.74) is 8.63. The number of carbonyl (C=O) groups is 2. The number of thiophene rings is 1. The van der Waals surface area contributed by atoms with Gasteiger partial charge in [0.15, 0.2) is 0 Å². The second-order valence-corrected chi connectivity index (χ2v) is 9.59. The predicted molar refractivity (Wildman–Crippen MR) is 133 cm³/mol. The zero-order chi connectivity index (χ0) is 23.9. The molecule has 2 heterocycles. The molecule has 3 aromatic rings. The van der Waals surface area contributed by atoms with Gasteiger partial charge in [0.05, 0.1) is 21.7 Å². The first-order chi connectivity index (χ1) is 15.8. The number of hydrogen-bond acceptors (Lipinski definition) is 5. The van der Waals surface area contributed by atoms with Gasteiger partial charge in [-0.15, -0.1) is 11.3 Å². The van der Waals surface area contributed by atoms with Gasteiger partial charge in [0, 0.05) is 29.2 Å². The number of ketones is 2. The predicted octanol–water partition coefficient (Wildman–Crippen LogP) is 7.23. The monoisotopic (exact) mass is 502 g/mol. The molecule has 4 rings (SSSR count). The molecule has 1 aromatic heterocycles. The highest BCUT2D eigenvalue weighted by molar-refractivity contribution is 7.18. The Hall–Kier alpha value is -2.54. The third-order valence-electron chi connectivity index (χ3n) is 5.90. The maximum Gasteiger partial charge on any atom is 0.205 e. The maximum atomic E-state index is 15.0. The first-order valence-electron chi connectivity index (χ1n) is 10.5. The summed E-state index contributed by atoms with van der Waals surface area (Å²) < 4.78 is 15.0. The molecular weight excluding hydrogens is 482 g/mol. The minimum atomic E-state index is -0.660. The minimum absolute atomic E-state index is 0.0440. The van der Waals surface area contributed by atoms with Crippen molar-refractivity contribution in [3.8, 4) is 0 Å². The van der Waals surface area contributed by atoms with E-state index in [2.05, 4.69) is 0 Å². The van der Waals surface area contributed by atoms with E-state index >= 15 is 4.39 Å². The van der Waals surface area contributed by atoms with Gasteiger partial charge >= 0.3 is 0 Å². The van der Waals surface area contributed by atoms with Crippen LogP contribution in [0.1, 0.15) is 59.0 Å². The molecule has 0 spiro atoms. The summed E-state index contributed by atoms with van der Waals surface area (Å²) in [6.45, 7) is 3.69. The summed E-state index contributed by atoms with van der Waals surface area (Å²) in [4.78, 5) is 31.4. The van der Waals surface area contributed by atoms with Crippen molar-refractivity contribution in [1.82, 2.24) is 0 Å². The minimum Gasteiger partial charge on any atom is -0.397 e. The highest BCUT2D eigenvalue weighted by Gasteiger charge is 2.42. The molecule has 170 valence electrons. The molecule has 0 aliphatic carbocycles. The van der Waals surface area contributed by atoms with E-state index in [1.807, 2.05) is 6.92 Å². The normalized spacial score (nSPS) is 17.4. The van der Waals surface area contributed by atoms with E-state index in [-0.39, 0.29) is 33.6 Å². The Morgan fingerprint density at radius 2 is 1.85 bits per heavy atom. The molecule has 0 amide bonds. The molecule has 0 fully saturated rings. The number of nitrogen functional groups attached to an aromatic ring is 1. The fraction of sp³-hybridized carbons (Fsp3) is 0.240. The second-order valence-electron chi connectivity index (χ2n) is 7.78. The van der Waals surface area contributed by atoms with Crippen molar-refractivity contribution in [3.63, 3.8) is 0 Å².